The quantitative estimate of drug-likeness (QED) is 0.595. The number of hydrogen-bond acceptors (Lipinski definition) is 2. The molecule has 0 amide bonds. The summed E-state index contributed by atoms with van der Waals surface area (Å²) in [6.07, 6.45) is -4.32. The number of imidazole rings is 1. The molecule has 1 atom stereocenters. The number of benzene rings is 2. The number of halogens is 3. The Morgan fingerprint density at radius 1 is 1.11 bits per heavy atom. The first-order chi connectivity index (χ1) is 12.7. The molecule has 0 fully saturated rings. The number of H-pyrrole nitrogens is 1. The number of aryl methyl sites for hydroxylation is 1. The van der Waals surface area contributed by atoms with Crippen LogP contribution in [0.2, 0.25) is 0 Å². The number of hydrogen-bond donors (Lipinski definition) is 1. The molecule has 1 heterocycles. The Balaban J connectivity index is 0.00000126. The summed E-state index contributed by atoms with van der Waals surface area (Å²) in [6.45, 7) is 8.38. The van der Waals surface area contributed by atoms with Gasteiger partial charge in [-0.2, -0.15) is 13.2 Å². The van der Waals surface area contributed by atoms with Crippen LogP contribution in [0.1, 0.15) is 49.3 Å². The Kier molecular flexibility index (Phi) is 6.65. The standard InChI is InChI=1S/C19H20F3N3.C2H6/c1-12(15-7-8-17-18(10-15)24-13(2)23-17)25(3)11-14-5-4-6-16(9-14)19(20,21)22;1-2/h4-10,12H,11H2,1-3H3,(H,23,24);1-2H3. The minimum Gasteiger partial charge on any atom is -0.342 e. The molecule has 0 spiro atoms. The number of aromatic nitrogens is 2. The van der Waals surface area contributed by atoms with Crippen molar-refractivity contribution in [1.29, 1.82) is 0 Å². The first-order valence-corrected chi connectivity index (χ1v) is 9.06. The molecule has 2 aromatic carbocycles. The summed E-state index contributed by atoms with van der Waals surface area (Å²) < 4.78 is 38.6. The Bertz CT molecular complexity index is 884. The molecule has 6 heteroatoms. The van der Waals surface area contributed by atoms with Crippen LogP contribution in [-0.4, -0.2) is 21.9 Å². The second-order valence-corrected chi connectivity index (χ2v) is 6.39. The van der Waals surface area contributed by atoms with Crippen molar-refractivity contribution in [3.05, 3.63) is 65.0 Å². The fourth-order valence-corrected chi connectivity index (χ4v) is 2.94. The summed E-state index contributed by atoms with van der Waals surface area (Å²) in [4.78, 5) is 9.62. The molecule has 0 radical (unpaired) electrons. The van der Waals surface area contributed by atoms with Gasteiger partial charge in [0.25, 0.3) is 0 Å². The number of fused-ring (bicyclic) bond motifs is 1. The topological polar surface area (TPSA) is 31.9 Å². The predicted molar refractivity (Wildman–Crippen MR) is 104 cm³/mol. The van der Waals surface area contributed by atoms with Crippen molar-refractivity contribution in [2.24, 2.45) is 0 Å². The van der Waals surface area contributed by atoms with Crippen molar-refractivity contribution >= 4 is 11.0 Å². The lowest BCUT2D eigenvalue weighted by molar-refractivity contribution is -0.137. The maximum atomic E-state index is 12.9. The molecule has 3 nitrogen and oxygen atoms in total. The molecule has 1 unspecified atom stereocenters. The molecule has 0 bridgehead atoms. The maximum absolute atomic E-state index is 12.9. The van der Waals surface area contributed by atoms with Crippen LogP contribution in [0, 0.1) is 6.92 Å². The zero-order valence-corrected chi connectivity index (χ0v) is 16.4. The third-order valence-electron chi connectivity index (χ3n) is 4.45. The highest BCUT2D eigenvalue weighted by Crippen LogP contribution is 2.30. The number of nitrogens with one attached hydrogen (secondary N) is 1. The van der Waals surface area contributed by atoms with Crippen molar-refractivity contribution < 1.29 is 13.2 Å². The van der Waals surface area contributed by atoms with E-state index in [0.717, 1.165) is 28.5 Å². The van der Waals surface area contributed by atoms with E-state index in [-0.39, 0.29) is 6.04 Å². The lowest BCUT2D eigenvalue weighted by Crippen LogP contribution is -2.22. The molecule has 27 heavy (non-hydrogen) atoms. The van der Waals surface area contributed by atoms with Gasteiger partial charge in [0.2, 0.25) is 0 Å². The van der Waals surface area contributed by atoms with Gasteiger partial charge >= 0.3 is 6.18 Å². The normalized spacial score (nSPS) is 12.8. The fourth-order valence-electron chi connectivity index (χ4n) is 2.94. The molecule has 0 aliphatic heterocycles. The number of aromatic amines is 1. The van der Waals surface area contributed by atoms with Crippen LogP contribution in [0.4, 0.5) is 13.2 Å². The van der Waals surface area contributed by atoms with E-state index in [1.165, 1.54) is 12.1 Å². The van der Waals surface area contributed by atoms with E-state index in [1.807, 2.05) is 57.8 Å². The average molecular weight is 377 g/mol. The highest BCUT2D eigenvalue weighted by Gasteiger charge is 2.30. The summed E-state index contributed by atoms with van der Waals surface area (Å²) in [7, 11) is 1.91. The monoisotopic (exact) mass is 377 g/mol. The van der Waals surface area contributed by atoms with E-state index in [4.69, 9.17) is 0 Å². The second kappa shape index (κ2) is 8.57. The van der Waals surface area contributed by atoms with Gasteiger partial charge in [-0.1, -0.05) is 38.1 Å². The number of alkyl halides is 3. The third-order valence-corrected chi connectivity index (χ3v) is 4.45. The van der Waals surface area contributed by atoms with Crippen LogP contribution in [-0.2, 0) is 12.7 Å². The number of rotatable bonds is 4. The van der Waals surface area contributed by atoms with Gasteiger partial charge in [-0.05, 0) is 50.2 Å². The van der Waals surface area contributed by atoms with E-state index in [0.29, 0.717) is 12.1 Å². The zero-order chi connectivity index (χ0) is 20.2. The van der Waals surface area contributed by atoms with Crippen LogP contribution in [0.25, 0.3) is 11.0 Å². The van der Waals surface area contributed by atoms with Crippen LogP contribution in [0.5, 0.6) is 0 Å². The van der Waals surface area contributed by atoms with Gasteiger partial charge in [0.1, 0.15) is 5.82 Å². The van der Waals surface area contributed by atoms with E-state index < -0.39 is 11.7 Å². The van der Waals surface area contributed by atoms with E-state index in [2.05, 4.69) is 9.97 Å². The van der Waals surface area contributed by atoms with Gasteiger partial charge in [-0.15, -0.1) is 0 Å². The molecule has 0 aliphatic rings. The molecule has 0 saturated heterocycles. The van der Waals surface area contributed by atoms with Crippen LogP contribution in [0.15, 0.2) is 42.5 Å². The molecule has 0 aliphatic carbocycles. The van der Waals surface area contributed by atoms with Gasteiger partial charge in [-0.25, -0.2) is 4.98 Å². The Morgan fingerprint density at radius 3 is 2.48 bits per heavy atom. The van der Waals surface area contributed by atoms with Gasteiger partial charge in [0.15, 0.2) is 0 Å². The molecule has 1 aromatic heterocycles. The molecule has 3 aromatic rings. The van der Waals surface area contributed by atoms with Crippen LogP contribution < -0.4 is 0 Å². The lowest BCUT2D eigenvalue weighted by Gasteiger charge is -2.25. The third kappa shape index (κ3) is 5.10. The Labute approximate surface area is 158 Å². The minimum absolute atomic E-state index is 0.0579. The average Bonchev–Trinajstić information content (AvgIpc) is 3.01. The molecule has 3 rings (SSSR count). The second-order valence-electron chi connectivity index (χ2n) is 6.39. The minimum atomic E-state index is -4.32. The predicted octanol–water partition coefficient (Wildman–Crippen LogP) is 6.11. The SMILES string of the molecule is CC.Cc1nc2ccc(C(C)N(C)Cc3cccc(C(F)(F)F)c3)cc2[nH]1. The number of nitrogens with zero attached hydrogens (tertiary/aromatic N) is 2. The van der Waals surface area contributed by atoms with Crippen molar-refractivity contribution in [2.75, 3.05) is 7.05 Å². The van der Waals surface area contributed by atoms with Crippen molar-refractivity contribution in [1.82, 2.24) is 14.9 Å². The van der Waals surface area contributed by atoms with Crippen LogP contribution >= 0.6 is 0 Å². The summed E-state index contributed by atoms with van der Waals surface area (Å²) in [6, 6.07) is 11.6. The highest BCUT2D eigenvalue weighted by atomic mass is 19.4. The molecular weight excluding hydrogens is 351 g/mol. The lowest BCUT2D eigenvalue weighted by atomic mass is 10.0. The molecule has 0 saturated carbocycles. The summed E-state index contributed by atoms with van der Waals surface area (Å²) >= 11 is 0. The molecule has 1 N–H and O–H groups in total. The van der Waals surface area contributed by atoms with Crippen molar-refractivity contribution in [2.45, 2.75) is 46.5 Å². The van der Waals surface area contributed by atoms with Gasteiger partial charge in [0.05, 0.1) is 16.6 Å². The molecule has 146 valence electrons. The first-order valence-electron chi connectivity index (χ1n) is 9.06. The largest absolute Gasteiger partial charge is 0.416 e. The smallest absolute Gasteiger partial charge is 0.342 e. The Morgan fingerprint density at radius 2 is 1.81 bits per heavy atom. The molecular formula is C21H26F3N3. The van der Waals surface area contributed by atoms with Gasteiger partial charge < -0.3 is 4.98 Å². The van der Waals surface area contributed by atoms with Crippen molar-refractivity contribution in [3.8, 4) is 0 Å². The van der Waals surface area contributed by atoms with Crippen LogP contribution in [0.3, 0.4) is 0 Å². The van der Waals surface area contributed by atoms with E-state index >= 15 is 0 Å². The van der Waals surface area contributed by atoms with Gasteiger partial charge in [0, 0.05) is 12.6 Å². The highest BCUT2D eigenvalue weighted by molar-refractivity contribution is 5.75. The maximum Gasteiger partial charge on any atom is 0.416 e. The first kappa shape index (κ1) is 21.0. The van der Waals surface area contributed by atoms with Gasteiger partial charge in [-0.3, -0.25) is 4.90 Å². The zero-order valence-electron chi connectivity index (χ0n) is 16.4. The summed E-state index contributed by atoms with van der Waals surface area (Å²) in [5, 5.41) is 0. The summed E-state index contributed by atoms with van der Waals surface area (Å²) in [5.41, 5.74) is 3.00. The van der Waals surface area contributed by atoms with Crippen molar-refractivity contribution in [3.63, 3.8) is 0 Å². The van der Waals surface area contributed by atoms with E-state index in [1.54, 1.807) is 6.07 Å². The summed E-state index contributed by atoms with van der Waals surface area (Å²) in [5.74, 6) is 0.858. The fraction of sp³-hybridized carbons (Fsp3) is 0.381. The Hall–Kier alpha value is -2.34. The van der Waals surface area contributed by atoms with E-state index in [9.17, 15) is 13.2 Å².